The molecule has 0 aliphatic heterocycles. The van der Waals surface area contributed by atoms with E-state index >= 15 is 0 Å². The monoisotopic (exact) mass is 418 g/mol. The minimum atomic E-state index is -0.118. The Morgan fingerprint density at radius 3 is 1.03 bits per heavy atom. The van der Waals surface area contributed by atoms with Gasteiger partial charge in [0.25, 0.3) is 0 Å². The summed E-state index contributed by atoms with van der Waals surface area (Å²) >= 11 is 0. The number of ketones is 1. The normalized spacial score (nSPS) is 11.9. The van der Waals surface area contributed by atoms with Gasteiger partial charge in [-0.1, -0.05) is 137 Å². The van der Waals surface area contributed by atoms with Crippen molar-refractivity contribution >= 4 is 5.78 Å². The lowest BCUT2D eigenvalue weighted by Gasteiger charge is -2.26. The number of carbonyl (C=O) groups excluding carboxylic acids is 1. The van der Waals surface area contributed by atoms with Crippen molar-refractivity contribution < 1.29 is 4.79 Å². The summed E-state index contributed by atoms with van der Waals surface area (Å²) in [4.78, 5) is 13.1. The molecule has 160 valence electrons. The molecule has 4 aromatic rings. The third-order valence-corrected chi connectivity index (χ3v) is 6.73. The zero-order chi connectivity index (χ0) is 22.8. The fourth-order valence-electron chi connectivity index (χ4n) is 4.29. The lowest BCUT2D eigenvalue weighted by atomic mass is 9.77. The summed E-state index contributed by atoms with van der Waals surface area (Å²) in [7, 11) is 0. The molecular weight excluding hydrogens is 388 g/mol. The van der Waals surface area contributed by atoms with Crippen molar-refractivity contribution in [3.63, 3.8) is 0 Å². The van der Waals surface area contributed by atoms with Crippen LogP contribution in [0.1, 0.15) is 65.9 Å². The van der Waals surface area contributed by atoms with Crippen molar-refractivity contribution in [3.8, 4) is 0 Å². The van der Waals surface area contributed by atoms with Crippen molar-refractivity contribution in [2.75, 3.05) is 0 Å². The highest BCUT2D eigenvalue weighted by atomic mass is 16.1. The van der Waals surface area contributed by atoms with Crippen LogP contribution in [0.25, 0.3) is 0 Å². The lowest BCUT2D eigenvalue weighted by Crippen LogP contribution is -2.19. The predicted octanol–water partition coefficient (Wildman–Crippen LogP) is 7.57. The lowest BCUT2D eigenvalue weighted by molar-refractivity contribution is 0.103. The molecule has 4 aromatic carbocycles. The molecule has 0 radical (unpaired) electrons. The zero-order valence-electron chi connectivity index (χ0n) is 19.3. The van der Waals surface area contributed by atoms with Gasteiger partial charge in [-0.05, 0) is 22.3 Å². The Bertz CT molecular complexity index is 1090. The molecule has 0 N–H and O–H groups in total. The topological polar surface area (TPSA) is 17.1 Å². The molecule has 4 rings (SSSR count). The van der Waals surface area contributed by atoms with Crippen LogP contribution < -0.4 is 0 Å². The highest BCUT2D eigenvalue weighted by molar-refractivity contribution is 6.09. The minimum absolute atomic E-state index is 0.0538. The van der Waals surface area contributed by atoms with Gasteiger partial charge in [-0.2, -0.15) is 0 Å². The van der Waals surface area contributed by atoms with E-state index < -0.39 is 0 Å². The molecule has 0 atom stereocenters. The summed E-state index contributed by atoms with van der Waals surface area (Å²) in [5, 5.41) is 0. The van der Waals surface area contributed by atoms with Crippen molar-refractivity contribution in [1.29, 1.82) is 0 Å². The Morgan fingerprint density at radius 1 is 0.438 bits per heavy atom. The molecule has 0 heterocycles. The zero-order valence-corrected chi connectivity index (χ0v) is 19.3. The fraction of sp³-hybridized carbons (Fsp3) is 0.194. The first kappa shape index (κ1) is 21.8. The first-order valence-electron chi connectivity index (χ1n) is 11.2. The Hall–Kier alpha value is -3.45. The Labute approximate surface area is 191 Å². The molecule has 0 saturated heterocycles. The maximum Gasteiger partial charge on any atom is 0.193 e. The SMILES string of the molecule is CC(C)(c1ccccc1)c1ccc(C(=O)c2ccc(C(C)(C)c3ccccc3)cc2)cc1. The van der Waals surface area contributed by atoms with E-state index in [1.807, 2.05) is 36.4 Å². The molecule has 0 bridgehead atoms. The number of hydrogen-bond acceptors (Lipinski definition) is 1. The van der Waals surface area contributed by atoms with Gasteiger partial charge in [0.1, 0.15) is 0 Å². The van der Waals surface area contributed by atoms with Crippen LogP contribution in [0, 0.1) is 0 Å². The molecule has 0 unspecified atom stereocenters. The molecule has 32 heavy (non-hydrogen) atoms. The second-order valence-corrected chi connectivity index (χ2v) is 9.47. The number of benzene rings is 4. The van der Waals surface area contributed by atoms with Crippen molar-refractivity contribution in [2.45, 2.75) is 38.5 Å². The maximum absolute atomic E-state index is 13.1. The molecular formula is C31H30O. The van der Waals surface area contributed by atoms with Crippen LogP contribution in [-0.2, 0) is 10.8 Å². The standard InChI is InChI=1S/C31H30O/c1-30(2,25-11-7-5-8-12-25)27-19-15-23(16-20-27)29(32)24-17-21-28(22-18-24)31(3,4)26-13-9-6-10-14-26/h5-22H,1-4H3. The third kappa shape index (κ3) is 4.16. The van der Waals surface area contributed by atoms with Gasteiger partial charge in [-0.25, -0.2) is 0 Å². The largest absolute Gasteiger partial charge is 0.289 e. The van der Waals surface area contributed by atoms with Gasteiger partial charge in [-0.15, -0.1) is 0 Å². The second kappa shape index (κ2) is 8.59. The van der Waals surface area contributed by atoms with Crippen molar-refractivity contribution in [2.24, 2.45) is 0 Å². The van der Waals surface area contributed by atoms with Gasteiger partial charge >= 0.3 is 0 Å². The third-order valence-electron chi connectivity index (χ3n) is 6.73. The fourth-order valence-corrected chi connectivity index (χ4v) is 4.29. The summed E-state index contributed by atoms with van der Waals surface area (Å²) in [5.74, 6) is 0.0538. The highest BCUT2D eigenvalue weighted by Crippen LogP contribution is 2.33. The molecule has 0 aromatic heterocycles. The van der Waals surface area contributed by atoms with E-state index in [9.17, 15) is 4.79 Å². The van der Waals surface area contributed by atoms with Gasteiger partial charge in [0, 0.05) is 22.0 Å². The van der Waals surface area contributed by atoms with Crippen LogP contribution in [0.15, 0.2) is 109 Å². The number of rotatable bonds is 6. The second-order valence-electron chi connectivity index (χ2n) is 9.47. The molecule has 0 fully saturated rings. The Kier molecular flexibility index (Phi) is 5.84. The molecule has 0 aliphatic rings. The first-order valence-corrected chi connectivity index (χ1v) is 11.2. The van der Waals surface area contributed by atoms with Crippen LogP contribution in [0.2, 0.25) is 0 Å². The average molecular weight is 419 g/mol. The highest BCUT2D eigenvalue weighted by Gasteiger charge is 2.24. The summed E-state index contributed by atoms with van der Waals surface area (Å²) in [6, 6.07) is 37.0. The van der Waals surface area contributed by atoms with E-state index in [1.165, 1.54) is 22.3 Å². The molecule has 0 aliphatic carbocycles. The summed E-state index contributed by atoms with van der Waals surface area (Å²) < 4.78 is 0. The predicted molar refractivity (Wildman–Crippen MR) is 133 cm³/mol. The van der Waals surface area contributed by atoms with E-state index in [0.717, 1.165) is 0 Å². The number of carbonyl (C=O) groups is 1. The van der Waals surface area contributed by atoms with Crippen LogP contribution in [0.5, 0.6) is 0 Å². The molecule has 0 saturated carbocycles. The Morgan fingerprint density at radius 2 is 0.719 bits per heavy atom. The van der Waals surface area contributed by atoms with Gasteiger partial charge in [0.15, 0.2) is 5.78 Å². The van der Waals surface area contributed by atoms with E-state index in [1.54, 1.807) is 0 Å². The average Bonchev–Trinajstić information content (AvgIpc) is 2.85. The smallest absolute Gasteiger partial charge is 0.193 e. The molecule has 1 heteroatoms. The van der Waals surface area contributed by atoms with Gasteiger partial charge in [0.05, 0.1) is 0 Å². The van der Waals surface area contributed by atoms with E-state index in [2.05, 4.69) is 100 Å². The van der Waals surface area contributed by atoms with Gasteiger partial charge in [-0.3, -0.25) is 4.79 Å². The van der Waals surface area contributed by atoms with Gasteiger partial charge in [0.2, 0.25) is 0 Å². The van der Waals surface area contributed by atoms with Crippen LogP contribution in [0.4, 0.5) is 0 Å². The quantitative estimate of drug-likeness (QED) is 0.295. The van der Waals surface area contributed by atoms with Crippen molar-refractivity contribution in [3.05, 3.63) is 143 Å². The van der Waals surface area contributed by atoms with Crippen LogP contribution in [-0.4, -0.2) is 5.78 Å². The summed E-state index contributed by atoms with van der Waals surface area (Å²) in [6.45, 7) is 8.86. The van der Waals surface area contributed by atoms with E-state index in [4.69, 9.17) is 0 Å². The molecule has 0 amide bonds. The molecule has 0 spiro atoms. The van der Waals surface area contributed by atoms with E-state index in [0.29, 0.717) is 11.1 Å². The molecule has 1 nitrogen and oxygen atoms in total. The summed E-state index contributed by atoms with van der Waals surface area (Å²) in [5.41, 5.74) is 6.10. The Balaban J connectivity index is 1.55. The van der Waals surface area contributed by atoms with Gasteiger partial charge < -0.3 is 0 Å². The van der Waals surface area contributed by atoms with Crippen molar-refractivity contribution in [1.82, 2.24) is 0 Å². The minimum Gasteiger partial charge on any atom is -0.289 e. The van der Waals surface area contributed by atoms with E-state index in [-0.39, 0.29) is 16.6 Å². The maximum atomic E-state index is 13.1. The first-order chi connectivity index (χ1) is 15.3. The summed E-state index contributed by atoms with van der Waals surface area (Å²) in [6.07, 6.45) is 0. The number of hydrogen-bond donors (Lipinski definition) is 0. The van der Waals surface area contributed by atoms with Crippen LogP contribution in [0.3, 0.4) is 0 Å². The van der Waals surface area contributed by atoms with Crippen LogP contribution >= 0.6 is 0 Å².